The second-order valence-corrected chi connectivity index (χ2v) is 5.49. The summed E-state index contributed by atoms with van der Waals surface area (Å²) in [6.07, 6.45) is 0.704. The molecule has 0 aliphatic rings. The van der Waals surface area contributed by atoms with Crippen molar-refractivity contribution in [2.75, 3.05) is 30.5 Å². The first-order valence-corrected chi connectivity index (χ1v) is 7.20. The Morgan fingerprint density at radius 3 is 2.57 bits per heavy atom. The largest absolute Gasteiger partial charge is 0.354 e. The van der Waals surface area contributed by atoms with E-state index in [-0.39, 0.29) is 12.5 Å². The summed E-state index contributed by atoms with van der Waals surface area (Å²) in [5.41, 5.74) is 3.41. The van der Waals surface area contributed by atoms with E-state index in [0.717, 1.165) is 11.4 Å². The second-order valence-electron chi connectivity index (χ2n) is 5.49. The smallest absolute Gasteiger partial charge is 0.239 e. The number of nitrogens with zero attached hydrogens (tertiary/aromatic N) is 3. The van der Waals surface area contributed by atoms with Crippen molar-refractivity contribution in [3.63, 3.8) is 0 Å². The number of hydrogen-bond acceptors (Lipinski definition) is 6. The highest BCUT2D eigenvalue weighted by molar-refractivity contribution is 5.81. The van der Waals surface area contributed by atoms with E-state index >= 15 is 0 Å². The molecule has 0 atom stereocenters. The quantitative estimate of drug-likeness (QED) is 0.509. The highest BCUT2D eigenvalue weighted by Gasteiger charge is 2.15. The minimum Gasteiger partial charge on any atom is -0.354 e. The van der Waals surface area contributed by atoms with Gasteiger partial charge in [-0.15, -0.1) is 0 Å². The van der Waals surface area contributed by atoms with E-state index in [9.17, 15) is 4.79 Å². The van der Waals surface area contributed by atoms with Gasteiger partial charge in [0.25, 0.3) is 0 Å². The standard InChI is InChI=1S/C14H26N6O/c1-6-11-17-13(19-15)10(4)14(18-11)20(5)8-12(21)16-7-9(2)3/h9H,6-8,15H2,1-5H3,(H,16,21)(H,17,18,19). The average Bonchev–Trinajstić information content (AvgIpc) is 2.45. The number of amides is 1. The van der Waals surface area contributed by atoms with Gasteiger partial charge >= 0.3 is 0 Å². The van der Waals surface area contributed by atoms with Crippen molar-refractivity contribution in [1.29, 1.82) is 0 Å². The molecule has 4 N–H and O–H groups in total. The van der Waals surface area contributed by atoms with E-state index in [4.69, 9.17) is 5.84 Å². The van der Waals surface area contributed by atoms with Crippen molar-refractivity contribution in [3.8, 4) is 0 Å². The van der Waals surface area contributed by atoms with Crippen LogP contribution in [0.4, 0.5) is 11.6 Å². The SMILES string of the molecule is CCc1nc(NN)c(C)c(N(C)CC(=O)NCC(C)C)n1. The van der Waals surface area contributed by atoms with Gasteiger partial charge in [-0.05, 0) is 12.8 Å². The highest BCUT2D eigenvalue weighted by Crippen LogP contribution is 2.22. The van der Waals surface area contributed by atoms with Gasteiger partial charge in [-0.3, -0.25) is 4.79 Å². The fourth-order valence-electron chi connectivity index (χ4n) is 1.88. The number of anilines is 2. The maximum Gasteiger partial charge on any atom is 0.239 e. The maximum absolute atomic E-state index is 11.9. The number of aromatic nitrogens is 2. The topological polar surface area (TPSA) is 96.2 Å². The third-order valence-electron chi connectivity index (χ3n) is 3.07. The number of nitrogen functional groups attached to an aromatic ring is 1. The van der Waals surface area contributed by atoms with Crippen LogP contribution < -0.4 is 21.5 Å². The molecule has 0 saturated carbocycles. The van der Waals surface area contributed by atoms with Crippen LogP contribution in [0.1, 0.15) is 32.2 Å². The number of nitrogens with one attached hydrogen (secondary N) is 2. The van der Waals surface area contributed by atoms with Crippen LogP contribution in [-0.2, 0) is 11.2 Å². The van der Waals surface area contributed by atoms with Crippen LogP contribution in [-0.4, -0.2) is 36.0 Å². The van der Waals surface area contributed by atoms with Gasteiger partial charge in [0.1, 0.15) is 17.5 Å². The first kappa shape index (κ1) is 17.2. The molecule has 1 rings (SSSR count). The lowest BCUT2D eigenvalue weighted by Crippen LogP contribution is -2.37. The normalized spacial score (nSPS) is 10.6. The van der Waals surface area contributed by atoms with Crippen LogP contribution in [0.15, 0.2) is 0 Å². The Bertz CT molecular complexity index is 489. The molecule has 1 aromatic rings. The number of nitrogens with two attached hydrogens (primary N) is 1. The van der Waals surface area contributed by atoms with Crippen LogP contribution >= 0.6 is 0 Å². The third kappa shape index (κ3) is 4.86. The van der Waals surface area contributed by atoms with Crippen LogP contribution in [0.25, 0.3) is 0 Å². The van der Waals surface area contributed by atoms with E-state index < -0.39 is 0 Å². The van der Waals surface area contributed by atoms with Gasteiger partial charge in [0.2, 0.25) is 5.91 Å². The molecule has 7 heteroatoms. The van der Waals surface area contributed by atoms with E-state index in [1.807, 2.05) is 25.8 Å². The van der Waals surface area contributed by atoms with Gasteiger partial charge in [0.05, 0.1) is 6.54 Å². The summed E-state index contributed by atoms with van der Waals surface area (Å²) in [5.74, 6) is 7.89. The first-order valence-electron chi connectivity index (χ1n) is 7.20. The Hall–Kier alpha value is -1.89. The molecule has 0 aromatic carbocycles. The van der Waals surface area contributed by atoms with Crippen LogP contribution in [0.5, 0.6) is 0 Å². The molecule has 0 fully saturated rings. The lowest BCUT2D eigenvalue weighted by atomic mass is 10.2. The Balaban J connectivity index is 2.86. The number of rotatable bonds is 7. The van der Waals surface area contributed by atoms with Crippen LogP contribution in [0.2, 0.25) is 0 Å². The van der Waals surface area contributed by atoms with E-state index in [0.29, 0.717) is 30.5 Å². The molecule has 0 radical (unpaired) electrons. The fourth-order valence-corrected chi connectivity index (χ4v) is 1.88. The van der Waals surface area contributed by atoms with Crippen molar-refractivity contribution >= 4 is 17.5 Å². The predicted molar refractivity (Wildman–Crippen MR) is 85.1 cm³/mol. The van der Waals surface area contributed by atoms with Gasteiger partial charge in [-0.2, -0.15) is 0 Å². The molecule has 1 heterocycles. The van der Waals surface area contributed by atoms with Gasteiger partial charge < -0.3 is 15.6 Å². The summed E-state index contributed by atoms with van der Waals surface area (Å²) in [5, 5.41) is 2.90. The maximum atomic E-state index is 11.9. The predicted octanol–water partition coefficient (Wildman–Crippen LogP) is 0.841. The number of carbonyl (C=O) groups excluding carboxylic acids is 1. The molecule has 1 aromatic heterocycles. The Morgan fingerprint density at radius 1 is 1.38 bits per heavy atom. The number of aryl methyl sites for hydroxylation is 1. The molecule has 0 aliphatic carbocycles. The molecule has 0 bridgehead atoms. The molecular weight excluding hydrogens is 268 g/mol. The second kappa shape index (κ2) is 7.78. The van der Waals surface area contributed by atoms with Gasteiger partial charge in [-0.1, -0.05) is 20.8 Å². The minimum absolute atomic E-state index is 0.0236. The molecular formula is C14H26N6O. The van der Waals surface area contributed by atoms with E-state index in [1.54, 1.807) is 0 Å². The van der Waals surface area contributed by atoms with E-state index in [2.05, 4.69) is 34.6 Å². The number of likely N-dealkylation sites (N-methyl/N-ethyl adjacent to an activating group) is 1. The monoisotopic (exact) mass is 294 g/mol. The zero-order valence-corrected chi connectivity index (χ0v) is 13.5. The van der Waals surface area contributed by atoms with Crippen molar-refractivity contribution in [2.24, 2.45) is 11.8 Å². The van der Waals surface area contributed by atoms with Crippen molar-refractivity contribution in [3.05, 3.63) is 11.4 Å². The molecule has 0 spiro atoms. The van der Waals surface area contributed by atoms with Gasteiger partial charge in [-0.25, -0.2) is 15.8 Å². The number of hydrogen-bond donors (Lipinski definition) is 3. The van der Waals surface area contributed by atoms with Gasteiger partial charge in [0.15, 0.2) is 0 Å². The zero-order valence-electron chi connectivity index (χ0n) is 13.5. The first-order chi connectivity index (χ1) is 9.88. The van der Waals surface area contributed by atoms with Gasteiger partial charge in [0, 0.05) is 25.6 Å². The Morgan fingerprint density at radius 2 is 2.05 bits per heavy atom. The number of carbonyl (C=O) groups is 1. The van der Waals surface area contributed by atoms with Crippen LogP contribution in [0, 0.1) is 12.8 Å². The Kier molecular flexibility index (Phi) is 6.36. The molecule has 0 unspecified atom stereocenters. The lowest BCUT2D eigenvalue weighted by molar-refractivity contribution is -0.119. The van der Waals surface area contributed by atoms with Crippen molar-refractivity contribution < 1.29 is 4.79 Å². The lowest BCUT2D eigenvalue weighted by Gasteiger charge is -2.21. The summed E-state index contributed by atoms with van der Waals surface area (Å²) in [6, 6.07) is 0. The molecule has 1 amide bonds. The molecule has 0 aliphatic heterocycles. The molecule has 118 valence electrons. The zero-order chi connectivity index (χ0) is 16.0. The summed E-state index contributed by atoms with van der Waals surface area (Å²) in [7, 11) is 1.84. The molecule has 7 nitrogen and oxygen atoms in total. The molecule has 0 saturated heterocycles. The number of hydrazine groups is 1. The third-order valence-corrected chi connectivity index (χ3v) is 3.07. The van der Waals surface area contributed by atoms with E-state index in [1.165, 1.54) is 0 Å². The minimum atomic E-state index is -0.0236. The fraction of sp³-hybridized carbons (Fsp3) is 0.643. The van der Waals surface area contributed by atoms with Crippen molar-refractivity contribution in [1.82, 2.24) is 15.3 Å². The summed E-state index contributed by atoms with van der Waals surface area (Å²) < 4.78 is 0. The molecule has 21 heavy (non-hydrogen) atoms. The van der Waals surface area contributed by atoms with Crippen molar-refractivity contribution in [2.45, 2.75) is 34.1 Å². The average molecular weight is 294 g/mol. The Labute approximate surface area is 126 Å². The summed E-state index contributed by atoms with van der Waals surface area (Å²) in [6.45, 7) is 8.90. The highest BCUT2D eigenvalue weighted by atomic mass is 16.2. The van der Waals surface area contributed by atoms with Crippen LogP contribution in [0.3, 0.4) is 0 Å². The summed E-state index contributed by atoms with van der Waals surface area (Å²) in [4.78, 5) is 22.5. The summed E-state index contributed by atoms with van der Waals surface area (Å²) >= 11 is 0.